The van der Waals surface area contributed by atoms with Crippen molar-refractivity contribution in [2.24, 2.45) is 0 Å². The Labute approximate surface area is 106 Å². The topological polar surface area (TPSA) is 3.24 Å². The molecule has 0 atom stereocenters. The second-order valence-corrected chi connectivity index (χ2v) is 4.36. The maximum Gasteiger partial charge on any atom is 0.0217 e. The van der Waals surface area contributed by atoms with E-state index in [-0.39, 0.29) is 0 Å². The molecule has 1 heteroatoms. The highest BCUT2D eigenvalue weighted by atomic mass is 15.1. The third-order valence-electron chi connectivity index (χ3n) is 2.85. The normalized spacial score (nSPS) is 19.1. The first-order valence-corrected chi connectivity index (χ1v) is 6.68. The molecule has 0 aromatic rings. The van der Waals surface area contributed by atoms with Crippen molar-refractivity contribution >= 4 is 0 Å². The summed E-state index contributed by atoms with van der Waals surface area (Å²) < 4.78 is 0. The average molecular weight is 229 g/mol. The maximum atomic E-state index is 3.80. The predicted octanol–water partition coefficient (Wildman–Crippen LogP) is 3.23. The van der Waals surface area contributed by atoms with E-state index in [1.807, 2.05) is 6.08 Å². The van der Waals surface area contributed by atoms with Crippen LogP contribution in [-0.4, -0.2) is 24.5 Å². The molecule has 0 saturated carbocycles. The lowest BCUT2D eigenvalue weighted by molar-refractivity contribution is 0.318. The third kappa shape index (κ3) is 7.67. The van der Waals surface area contributed by atoms with Gasteiger partial charge in [-0.15, -0.1) is 30.3 Å². The molecule has 1 aliphatic rings. The molecule has 0 spiro atoms. The fraction of sp³-hybridized carbons (Fsp3) is 0.625. The van der Waals surface area contributed by atoms with Gasteiger partial charge in [-0.1, -0.05) is 12.5 Å². The molecule has 0 amide bonds. The van der Waals surface area contributed by atoms with Gasteiger partial charge in [0, 0.05) is 45.3 Å². The fourth-order valence-corrected chi connectivity index (χ4v) is 1.86. The lowest BCUT2D eigenvalue weighted by atomic mass is 10.1. The van der Waals surface area contributed by atoms with Gasteiger partial charge in [-0.3, -0.25) is 4.90 Å². The van der Waals surface area contributed by atoms with Gasteiger partial charge in [-0.05, 0) is 12.8 Å². The van der Waals surface area contributed by atoms with Gasteiger partial charge in [0.15, 0.2) is 0 Å². The minimum Gasteiger partial charge on any atom is -0.298 e. The largest absolute Gasteiger partial charge is 0.298 e. The Balaban J connectivity index is 2.41. The van der Waals surface area contributed by atoms with Gasteiger partial charge >= 0.3 is 0 Å². The predicted molar refractivity (Wildman–Crippen MR) is 74.5 cm³/mol. The molecular weight excluding hydrogens is 206 g/mol. The molecule has 0 aliphatic carbocycles. The average Bonchev–Trinajstić information content (AvgIpc) is 2.34. The summed E-state index contributed by atoms with van der Waals surface area (Å²) in [6.45, 7) is 6.83. The molecule has 0 aromatic carbocycles. The second-order valence-electron chi connectivity index (χ2n) is 4.36. The standard InChI is InChI=1S/C16H23N/c1-2-14-17-15-12-10-8-6-4-3-5-7-9-11-13-16-17/h2H,1,3-7,12-16H2. The van der Waals surface area contributed by atoms with Gasteiger partial charge < -0.3 is 0 Å². The fourth-order valence-electron chi connectivity index (χ4n) is 1.86. The van der Waals surface area contributed by atoms with Crippen molar-refractivity contribution in [3.05, 3.63) is 12.7 Å². The van der Waals surface area contributed by atoms with Crippen LogP contribution < -0.4 is 0 Å². The minimum atomic E-state index is 0.948. The van der Waals surface area contributed by atoms with Crippen molar-refractivity contribution in [2.45, 2.75) is 44.9 Å². The highest BCUT2D eigenvalue weighted by Gasteiger charge is 1.99. The Hall–Kier alpha value is -1.18. The minimum absolute atomic E-state index is 0.948. The number of hydrogen-bond donors (Lipinski definition) is 0. The van der Waals surface area contributed by atoms with Crippen molar-refractivity contribution < 1.29 is 0 Å². The van der Waals surface area contributed by atoms with Crippen LogP contribution in [-0.2, 0) is 0 Å². The highest BCUT2D eigenvalue weighted by molar-refractivity contribution is 5.01. The van der Waals surface area contributed by atoms with E-state index in [2.05, 4.69) is 35.2 Å². The molecule has 1 heterocycles. The Morgan fingerprint density at radius 3 is 1.88 bits per heavy atom. The zero-order valence-electron chi connectivity index (χ0n) is 10.8. The van der Waals surface area contributed by atoms with E-state index in [4.69, 9.17) is 0 Å². The first-order valence-electron chi connectivity index (χ1n) is 6.68. The number of nitrogens with zero attached hydrogens (tertiary/aromatic N) is 1. The summed E-state index contributed by atoms with van der Waals surface area (Å²) >= 11 is 0. The molecule has 1 nitrogen and oxygen atoms in total. The lowest BCUT2D eigenvalue weighted by Gasteiger charge is -2.17. The summed E-state index contributed by atoms with van der Waals surface area (Å²) in [6.07, 6.45) is 9.73. The van der Waals surface area contributed by atoms with Crippen LogP contribution in [0.15, 0.2) is 12.7 Å². The monoisotopic (exact) mass is 229 g/mol. The summed E-state index contributed by atoms with van der Waals surface area (Å²) in [7, 11) is 0. The van der Waals surface area contributed by atoms with Gasteiger partial charge in [0.05, 0.1) is 0 Å². The molecule has 0 radical (unpaired) electrons. The van der Waals surface area contributed by atoms with Crippen molar-refractivity contribution in [3.63, 3.8) is 0 Å². The highest BCUT2D eigenvalue weighted by Crippen LogP contribution is 2.02. The molecule has 0 bridgehead atoms. The van der Waals surface area contributed by atoms with Crippen molar-refractivity contribution in [1.82, 2.24) is 4.90 Å². The van der Waals surface area contributed by atoms with Gasteiger partial charge in [0.25, 0.3) is 0 Å². The number of hydrogen-bond acceptors (Lipinski definition) is 1. The van der Waals surface area contributed by atoms with Crippen LogP contribution in [0.4, 0.5) is 0 Å². The van der Waals surface area contributed by atoms with Crippen LogP contribution in [0.25, 0.3) is 0 Å². The van der Waals surface area contributed by atoms with Gasteiger partial charge in [0.2, 0.25) is 0 Å². The Bertz CT molecular complexity index is 293. The molecular formula is C16H23N. The first-order chi connectivity index (χ1) is 8.43. The van der Waals surface area contributed by atoms with Crippen LogP contribution in [0, 0.1) is 23.7 Å². The maximum absolute atomic E-state index is 3.80. The zero-order chi connectivity index (χ0) is 12.2. The van der Waals surface area contributed by atoms with Gasteiger partial charge in [-0.25, -0.2) is 0 Å². The van der Waals surface area contributed by atoms with E-state index in [9.17, 15) is 0 Å². The molecule has 0 fully saturated rings. The Kier molecular flexibility index (Phi) is 8.17. The summed E-state index contributed by atoms with van der Waals surface area (Å²) in [5, 5.41) is 0. The smallest absolute Gasteiger partial charge is 0.0217 e. The van der Waals surface area contributed by atoms with E-state index in [1.165, 1.54) is 19.3 Å². The molecule has 92 valence electrons. The summed E-state index contributed by atoms with van der Waals surface area (Å²) in [4.78, 5) is 2.38. The van der Waals surface area contributed by atoms with Crippen LogP contribution in [0.3, 0.4) is 0 Å². The van der Waals surface area contributed by atoms with Crippen LogP contribution in [0.2, 0.25) is 0 Å². The summed E-state index contributed by atoms with van der Waals surface area (Å²) in [5.41, 5.74) is 0. The molecule has 0 unspecified atom stereocenters. The van der Waals surface area contributed by atoms with E-state index >= 15 is 0 Å². The second kappa shape index (κ2) is 10.0. The SMILES string of the molecule is C=CCN1CCC#CCCCCCC#CCC1. The van der Waals surface area contributed by atoms with Crippen molar-refractivity contribution in [2.75, 3.05) is 19.6 Å². The number of rotatable bonds is 2. The Morgan fingerprint density at radius 2 is 1.35 bits per heavy atom. The van der Waals surface area contributed by atoms with Crippen LogP contribution in [0.1, 0.15) is 44.9 Å². The quantitative estimate of drug-likeness (QED) is 0.519. The molecule has 17 heavy (non-hydrogen) atoms. The van der Waals surface area contributed by atoms with Crippen molar-refractivity contribution in [3.8, 4) is 23.7 Å². The van der Waals surface area contributed by atoms with E-state index in [0.717, 1.165) is 45.3 Å². The van der Waals surface area contributed by atoms with E-state index < -0.39 is 0 Å². The molecule has 0 saturated heterocycles. The zero-order valence-corrected chi connectivity index (χ0v) is 10.8. The molecule has 0 N–H and O–H groups in total. The van der Waals surface area contributed by atoms with Crippen LogP contribution in [0.5, 0.6) is 0 Å². The third-order valence-corrected chi connectivity index (χ3v) is 2.85. The van der Waals surface area contributed by atoms with E-state index in [0.29, 0.717) is 0 Å². The molecule has 1 aliphatic heterocycles. The molecule has 1 rings (SSSR count). The molecule has 0 aromatic heterocycles. The lowest BCUT2D eigenvalue weighted by Crippen LogP contribution is -2.25. The summed E-state index contributed by atoms with van der Waals surface area (Å²) in [5.74, 6) is 13.1. The Morgan fingerprint density at radius 1 is 0.824 bits per heavy atom. The first kappa shape index (κ1) is 13.9. The van der Waals surface area contributed by atoms with Crippen LogP contribution >= 0.6 is 0 Å². The van der Waals surface area contributed by atoms with E-state index in [1.54, 1.807) is 0 Å². The van der Waals surface area contributed by atoms with Crippen molar-refractivity contribution in [1.29, 1.82) is 0 Å². The summed E-state index contributed by atoms with van der Waals surface area (Å²) in [6, 6.07) is 0. The van der Waals surface area contributed by atoms with Gasteiger partial charge in [-0.2, -0.15) is 0 Å². The van der Waals surface area contributed by atoms with Gasteiger partial charge in [0.1, 0.15) is 0 Å².